The first kappa shape index (κ1) is 13.7. The van der Waals surface area contributed by atoms with E-state index >= 15 is 0 Å². The molecule has 1 saturated heterocycles. The second kappa shape index (κ2) is 5.48. The maximum atomic E-state index is 11.9. The molecule has 0 aromatic carbocycles. The van der Waals surface area contributed by atoms with E-state index in [4.69, 9.17) is 16.2 Å². The Kier molecular flexibility index (Phi) is 3.94. The molecule has 1 aliphatic heterocycles. The molecule has 2 heterocycles. The summed E-state index contributed by atoms with van der Waals surface area (Å²) in [5.74, 6) is 0.505. The van der Waals surface area contributed by atoms with Gasteiger partial charge >= 0.3 is 5.97 Å². The van der Waals surface area contributed by atoms with E-state index in [2.05, 4.69) is 5.10 Å². The lowest BCUT2D eigenvalue weighted by molar-refractivity contribution is 0.0602. The largest absolute Gasteiger partial charge is 0.465 e. The summed E-state index contributed by atoms with van der Waals surface area (Å²) in [6.07, 6.45) is 1.78. The van der Waals surface area contributed by atoms with Gasteiger partial charge in [0.05, 0.1) is 7.11 Å². The van der Waals surface area contributed by atoms with Crippen molar-refractivity contribution in [3.8, 4) is 0 Å². The Morgan fingerprint density at radius 2 is 2.32 bits per heavy atom. The predicted molar refractivity (Wildman–Crippen MR) is 73.1 cm³/mol. The zero-order valence-electron chi connectivity index (χ0n) is 11.4. The van der Waals surface area contributed by atoms with E-state index in [0.717, 1.165) is 19.4 Å². The molecule has 1 aromatic heterocycles. The van der Waals surface area contributed by atoms with Crippen LogP contribution in [-0.4, -0.2) is 42.0 Å². The first-order valence-corrected chi connectivity index (χ1v) is 6.53. The number of rotatable bonds is 4. The van der Waals surface area contributed by atoms with E-state index in [9.17, 15) is 4.79 Å². The second-order valence-corrected chi connectivity index (χ2v) is 4.79. The number of anilines is 2. The van der Waals surface area contributed by atoms with Crippen molar-refractivity contribution in [2.45, 2.75) is 32.4 Å². The van der Waals surface area contributed by atoms with Gasteiger partial charge in [-0.1, -0.05) is 6.92 Å². The summed E-state index contributed by atoms with van der Waals surface area (Å²) in [7, 11) is 1.35. The molecule has 1 aromatic rings. The Bertz CT molecular complexity index is 471. The molecule has 7 nitrogen and oxygen atoms in total. The van der Waals surface area contributed by atoms with Gasteiger partial charge < -0.3 is 21.1 Å². The number of aryl methyl sites for hydroxylation is 1. The highest BCUT2D eigenvalue weighted by Crippen LogP contribution is 2.28. The Hall–Kier alpha value is -1.76. The molecule has 106 valence electrons. The van der Waals surface area contributed by atoms with Gasteiger partial charge in [0.1, 0.15) is 11.4 Å². The third-order valence-electron chi connectivity index (χ3n) is 3.32. The fraction of sp³-hybridized carbons (Fsp3) is 0.667. The highest BCUT2D eigenvalue weighted by atomic mass is 16.5. The van der Waals surface area contributed by atoms with Crippen LogP contribution in [0.25, 0.3) is 0 Å². The molecule has 0 saturated carbocycles. The molecule has 0 radical (unpaired) electrons. The minimum absolute atomic E-state index is 0.114. The van der Waals surface area contributed by atoms with Gasteiger partial charge in [0.2, 0.25) is 0 Å². The van der Waals surface area contributed by atoms with Crippen LogP contribution in [0.15, 0.2) is 0 Å². The normalized spacial score (nSPS) is 18.9. The molecule has 0 aliphatic carbocycles. The van der Waals surface area contributed by atoms with Gasteiger partial charge in [0.15, 0.2) is 5.82 Å². The minimum Gasteiger partial charge on any atom is -0.465 e. The number of nitrogen functional groups attached to an aromatic ring is 1. The van der Waals surface area contributed by atoms with Crippen LogP contribution < -0.4 is 16.4 Å². The van der Waals surface area contributed by atoms with E-state index in [0.29, 0.717) is 30.3 Å². The summed E-state index contributed by atoms with van der Waals surface area (Å²) in [5.41, 5.74) is 12.3. The number of methoxy groups -OCH3 is 1. The number of nitrogens with two attached hydrogens (primary N) is 2. The molecular formula is C12H21N5O2. The third-order valence-corrected chi connectivity index (χ3v) is 3.32. The maximum Gasteiger partial charge on any atom is 0.345 e. The van der Waals surface area contributed by atoms with Gasteiger partial charge in [-0.05, 0) is 12.8 Å². The molecule has 2 rings (SSSR count). The van der Waals surface area contributed by atoms with Crippen LogP contribution in [0.4, 0.5) is 11.6 Å². The van der Waals surface area contributed by atoms with E-state index in [1.54, 1.807) is 4.68 Å². The number of esters is 1. The summed E-state index contributed by atoms with van der Waals surface area (Å²) in [5, 5.41) is 4.45. The smallest absolute Gasteiger partial charge is 0.345 e. The molecule has 19 heavy (non-hydrogen) atoms. The molecule has 1 unspecified atom stereocenters. The number of carbonyl (C=O) groups excluding carboxylic acids is 1. The van der Waals surface area contributed by atoms with Gasteiger partial charge in [0, 0.05) is 25.7 Å². The highest BCUT2D eigenvalue weighted by Gasteiger charge is 2.30. The lowest BCUT2D eigenvalue weighted by Crippen LogP contribution is -2.27. The lowest BCUT2D eigenvalue weighted by atomic mass is 10.3. The first-order valence-electron chi connectivity index (χ1n) is 6.53. The van der Waals surface area contributed by atoms with Gasteiger partial charge in [-0.3, -0.25) is 0 Å². The lowest BCUT2D eigenvalue weighted by Gasteiger charge is -2.15. The SMILES string of the molecule is CCCn1nc(N2CCC(N)C2)c(C(=O)OC)c1N. The number of nitrogens with zero attached hydrogens (tertiary/aromatic N) is 3. The van der Waals surface area contributed by atoms with Crippen LogP contribution in [0.2, 0.25) is 0 Å². The van der Waals surface area contributed by atoms with E-state index < -0.39 is 5.97 Å². The minimum atomic E-state index is -0.449. The Labute approximate surface area is 112 Å². The highest BCUT2D eigenvalue weighted by molar-refractivity contribution is 5.99. The van der Waals surface area contributed by atoms with Crippen molar-refractivity contribution < 1.29 is 9.53 Å². The average Bonchev–Trinajstić information content (AvgIpc) is 2.94. The van der Waals surface area contributed by atoms with Gasteiger partial charge in [0.25, 0.3) is 0 Å². The van der Waals surface area contributed by atoms with Crippen LogP contribution in [0.3, 0.4) is 0 Å². The zero-order chi connectivity index (χ0) is 14.0. The number of ether oxygens (including phenoxy) is 1. The molecule has 0 amide bonds. The third kappa shape index (κ3) is 2.51. The second-order valence-electron chi connectivity index (χ2n) is 4.79. The van der Waals surface area contributed by atoms with Crippen molar-refractivity contribution in [2.24, 2.45) is 5.73 Å². The summed E-state index contributed by atoms with van der Waals surface area (Å²) < 4.78 is 6.46. The summed E-state index contributed by atoms with van der Waals surface area (Å²) in [6.45, 7) is 4.18. The predicted octanol–water partition coefficient (Wildman–Crippen LogP) is 0.199. The maximum absolute atomic E-state index is 11.9. The molecule has 1 atom stereocenters. The Balaban J connectivity index is 2.40. The summed E-state index contributed by atoms with van der Waals surface area (Å²) >= 11 is 0. The number of hydrogen-bond donors (Lipinski definition) is 2. The zero-order valence-corrected chi connectivity index (χ0v) is 11.4. The standard InChI is InChI=1S/C12H21N5O2/c1-3-5-17-10(14)9(12(18)19-2)11(15-17)16-6-4-8(13)7-16/h8H,3-7,13-14H2,1-2H3. The fourth-order valence-electron chi connectivity index (χ4n) is 2.34. The number of hydrogen-bond acceptors (Lipinski definition) is 6. The van der Waals surface area contributed by atoms with Crippen LogP contribution in [0, 0.1) is 0 Å². The molecule has 4 N–H and O–H groups in total. The van der Waals surface area contributed by atoms with E-state index in [1.165, 1.54) is 7.11 Å². The fourth-order valence-corrected chi connectivity index (χ4v) is 2.34. The van der Waals surface area contributed by atoms with Crippen molar-refractivity contribution in [1.82, 2.24) is 9.78 Å². The Morgan fingerprint density at radius 3 is 2.84 bits per heavy atom. The van der Waals surface area contributed by atoms with Gasteiger partial charge in [-0.15, -0.1) is 0 Å². The van der Waals surface area contributed by atoms with Gasteiger partial charge in [-0.25, -0.2) is 9.48 Å². The average molecular weight is 267 g/mol. The molecule has 1 aliphatic rings. The number of aromatic nitrogens is 2. The van der Waals surface area contributed by atoms with Crippen molar-refractivity contribution in [1.29, 1.82) is 0 Å². The van der Waals surface area contributed by atoms with Crippen molar-refractivity contribution in [2.75, 3.05) is 30.8 Å². The molecule has 0 spiro atoms. The summed E-state index contributed by atoms with van der Waals surface area (Å²) in [6, 6.07) is 0.114. The molecule has 1 fully saturated rings. The first-order chi connectivity index (χ1) is 9.08. The molecular weight excluding hydrogens is 246 g/mol. The quantitative estimate of drug-likeness (QED) is 0.756. The van der Waals surface area contributed by atoms with Crippen molar-refractivity contribution in [3.05, 3.63) is 5.56 Å². The monoisotopic (exact) mass is 267 g/mol. The Morgan fingerprint density at radius 1 is 1.58 bits per heavy atom. The molecule has 0 bridgehead atoms. The van der Waals surface area contributed by atoms with Crippen molar-refractivity contribution in [3.63, 3.8) is 0 Å². The van der Waals surface area contributed by atoms with Gasteiger partial charge in [-0.2, -0.15) is 5.10 Å². The van der Waals surface area contributed by atoms with E-state index in [1.807, 2.05) is 11.8 Å². The van der Waals surface area contributed by atoms with E-state index in [-0.39, 0.29) is 6.04 Å². The van der Waals surface area contributed by atoms with Crippen LogP contribution in [0.1, 0.15) is 30.1 Å². The van der Waals surface area contributed by atoms with Crippen LogP contribution in [-0.2, 0) is 11.3 Å². The molecule has 7 heteroatoms. The van der Waals surface area contributed by atoms with Crippen LogP contribution in [0.5, 0.6) is 0 Å². The van der Waals surface area contributed by atoms with Crippen LogP contribution >= 0.6 is 0 Å². The topological polar surface area (TPSA) is 99.4 Å². The summed E-state index contributed by atoms with van der Waals surface area (Å²) in [4.78, 5) is 13.9. The number of carbonyl (C=O) groups is 1. The van der Waals surface area contributed by atoms with Crippen molar-refractivity contribution >= 4 is 17.6 Å².